The second-order valence-corrected chi connectivity index (χ2v) is 6.94. The standard InChI is InChI=1S/C15H20BrClN2.2ClH/c16-14-10-12(17)3-4-13(14)15(9-11-1-2-11)19-7-5-18-6-8-19;;/h3-4,10-11,15,18H,1-2,5-9H2;2*1H/t15-;;/m0../s1. The highest BCUT2D eigenvalue weighted by atomic mass is 79.9. The van der Waals surface area contributed by atoms with Crippen LogP contribution in [0.15, 0.2) is 22.7 Å². The van der Waals surface area contributed by atoms with E-state index in [0.717, 1.165) is 41.6 Å². The molecule has 1 saturated carbocycles. The quantitative estimate of drug-likeness (QED) is 0.766. The normalized spacial score (nSPS) is 20.3. The van der Waals surface area contributed by atoms with Gasteiger partial charge >= 0.3 is 0 Å². The predicted octanol–water partition coefficient (Wildman–Crippen LogP) is 4.69. The Hall–Kier alpha value is 0.490. The number of hydrogen-bond acceptors (Lipinski definition) is 2. The Morgan fingerprint density at radius 3 is 2.48 bits per heavy atom. The van der Waals surface area contributed by atoms with E-state index < -0.39 is 0 Å². The van der Waals surface area contributed by atoms with Gasteiger partial charge in [0.2, 0.25) is 0 Å². The van der Waals surface area contributed by atoms with Crippen molar-refractivity contribution in [3.05, 3.63) is 33.3 Å². The van der Waals surface area contributed by atoms with Crippen LogP contribution in [0, 0.1) is 5.92 Å². The lowest BCUT2D eigenvalue weighted by Gasteiger charge is -2.36. The second-order valence-electron chi connectivity index (χ2n) is 5.65. The molecule has 2 aliphatic rings. The largest absolute Gasteiger partial charge is 0.314 e. The van der Waals surface area contributed by atoms with E-state index in [-0.39, 0.29) is 24.8 Å². The molecule has 6 heteroatoms. The van der Waals surface area contributed by atoms with Crippen molar-refractivity contribution in [2.45, 2.75) is 25.3 Å². The van der Waals surface area contributed by atoms with Crippen molar-refractivity contribution < 1.29 is 0 Å². The first kappa shape index (κ1) is 19.5. The van der Waals surface area contributed by atoms with Gasteiger partial charge in [0.25, 0.3) is 0 Å². The topological polar surface area (TPSA) is 15.3 Å². The third kappa shape index (κ3) is 5.26. The van der Waals surface area contributed by atoms with Crippen molar-refractivity contribution in [3.8, 4) is 0 Å². The smallest absolute Gasteiger partial charge is 0.0417 e. The number of rotatable bonds is 4. The van der Waals surface area contributed by atoms with Crippen LogP contribution >= 0.6 is 52.3 Å². The lowest BCUT2D eigenvalue weighted by Crippen LogP contribution is -2.45. The van der Waals surface area contributed by atoms with Crippen LogP contribution in [0.3, 0.4) is 0 Å². The summed E-state index contributed by atoms with van der Waals surface area (Å²) in [5.74, 6) is 0.933. The van der Waals surface area contributed by atoms with E-state index in [9.17, 15) is 0 Å². The van der Waals surface area contributed by atoms with Crippen molar-refractivity contribution in [2.24, 2.45) is 5.92 Å². The molecule has 0 aromatic heterocycles. The summed E-state index contributed by atoms with van der Waals surface area (Å²) in [5, 5.41) is 4.25. The zero-order valence-corrected chi connectivity index (χ0v) is 15.8. The maximum atomic E-state index is 6.07. The summed E-state index contributed by atoms with van der Waals surface area (Å²) in [6.07, 6.45) is 4.11. The number of nitrogens with one attached hydrogen (secondary N) is 1. The molecular weight excluding hydrogens is 394 g/mol. The minimum Gasteiger partial charge on any atom is -0.314 e. The van der Waals surface area contributed by atoms with Crippen LogP contribution in [-0.2, 0) is 0 Å². The predicted molar refractivity (Wildman–Crippen MR) is 98.2 cm³/mol. The lowest BCUT2D eigenvalue weighted by atomic mass is 9.98. The highest BCUT2D eigenvalue weighted by Gasteiger charge is 2.31. The molecule has 0 bridgehead atoms. The fraction of sp³-hybridized carbons (Fsp3) is 0.600. The molecule has 0 spiro atoms. The minimum atomic E-state index is 0. The van der Waals surface area contributed by atoms with Crippen molar-refractivity contribution in [3.63, 3.8) is 0 Å². The van der Waals surface area contributed by atoms with E-state index in [1.807, 2.05) is 12.1 Å². The summed E-state index contributed by atoms with van der Waals surface area (Å²) in [7, 11) is 0. The van der Waals surface area contributed by atoms with Gasteiger partial charge in [-0.3, -0.25) is 4.90 Å². The van der Waals surface area contributed by atoms with Crippen LogP contribution in [0.5, 0.6) is 0 Å². The van der Waals surface area contributed by atoms with E-state index in [0.29, 0.717) is 6.04 Å². The average Bonchev–Trinajstić information content (AvgIpc) is 3.22. The molecule has 1 aromatic rings. The van der Waals surface area contributed by atoms with E-state index >= 15 is 0 Å². The first-order valence-corrected chi connectivity index (χ1v) is 8.31. The summed E-state index contributed by atoms with van der Waals surface area (Å²) in [5.41, 5.74) is 1.40. The fourth-order valence-electron chi connectivity index (χ4n) is 2.91. The van der Waals surface area contributed by atoms with Gasteiger partial charge in [0.05, 0.1) is 0 Å². The van der Waals surface area contributed by atoms with Gasteiger partial charge in [-0.2, -0.15) is 0 Å². The zero-order chi connectivity index (χ0) is 13.2. The average molecular weight is 417 g/mol. The monoisotopic (exact) mass is 414 g/mol. The van der Waals surface area contributed by atoms with Crippen molar-refractivity contribution >= 4 is 52.3 Å². The molecule has 2 fully saturated rings. The van der Waals surface area contributed by atoms with Gasteiger partial charge in [0.15, 0.2) is 0 Å². The van der Waals surface area contributed by atoms with E-state index in [2.05, 4.69) is 32.2 Å². The molecule has 120 valence electrons. The Kier molecular flexibility index (Phi) is 8.33. The van der Waals surface area contributed by atoms with Gasteiger partial charge in [-0.1, -0.05) is 46.4 Å². The summed E-state index contributed by atoms with van der Waals surface area (Å²) in [4.78, 5) is 2.63. The highest BCUT2D eigenvalue weighted by molar-refractivity contribution is 9.10. The van der Waals surface area contributed by atoms with E-state index in [1.54, 1.807) is 0 Å². The molecular formula is C15H22BrCl3N2. The maximum absolute atomic E-state index is 6.07. The first-order valence-electron chi connectivity index (χ1n) is 7.14. The molecule has 2 nitrogen and oxygen atoms in total. The number of halogens is 4. The summed E-state index contributed by atoms with van der Waals surface area (Å²) < 4.78 is 1.16. The van der Waals surface area contributed by atoms with Crippen LogP contribution in [0.4, 0.5) is 0 Å². The van der Waals surface area contributed by atoms with Crippen molar-refractivity contribution in [1.29, 1.82) is 0 Å². The molecule has 1 atom stereocenters. The SMILES string of the molecule is Cl.Cl.Clc1ccc([C@H](CC2CC2)N2CCNCC2)c(Br)c1. The van der Waals surface area contributed by atoms with Gasteiger partial charge in [-0.05, 0) is 30.0 Å². The maximum Gasteiger partial charge on any atom is 0.0417 e. The molecule has 0 amide bonds. The van der Waals surface area contributed by atoms with Gasteiger partial charge in [-0.25, -0.2) is 0 Å². The fourth-order valence-corrected chi connectivity index (χ4v) is 3.85. The molecule has 1 aliphatic heterocycles. The highest BCUT2D eigenvalue weighted by Crippen LogP contribution is 2.42. The van der Waals surface area contributed by atoms with Gasteiger partial charge in [-0.15, -0.1) is 24.8 Å². The molecule has 3 rings (SSSR count). The van der Waals surface area contributed by atoms with Crippen LogP contribution in [0.1, 0.15) is 30.9 Å². The molecule has 1 aliphatic carbocycles. The summed E-state index contributed by atoms with van der Waals surface area (Å²) in [6.45, 7) is 4.50. The third-order valence-electron chi connectivity index (χ3n) is 4.17. The Balaban J connectivity index is 0.00000110. The number of benzene rings is 1. The second kappa shape index (κ2) is 8.95. The third-order valence-corrected chi connectivity index (χ3v) is 5.09. The molecule has 1 saturated heterocycles. The van der Waals surface area contributed by atoms with Gasteiger partial charge < -0.3 is 5.32 Å². The van der Waals surface area contributed by atoms with Crippen LogP contribution < -0.4 is 5.32 Å². The van der Waals surface area contributed by atoms with Gasteiger partial charge in [0.1, 0.15) is 0 Å². The van der Waals surface area contributed by atoms with Crippen LogP contribution in [0.2, 0.25) is 5.02 Å². The van der Waals surface area contributed by atoms with Gasteiger partial charge in [0, 0.05) is 41.7 Å². The number of hydrogen-bond donors (Lipinski definition) is 1. The summed E-state index contributed by atoms with van der Waals surface area (Å²) in [6, 6.07) is 6.78. The van der Waals surface area contributed by atoms with Crippen LogP contribution in [0.25, 0.3) is 0 Å². The molecule has 1 N–H and O–H groups in total. The zero-order valence-electron chi connectivity index (χ0n) is 11.9. The molecule has 1 heterocycles. The Morgan fingerprint density at radius 2 is 1.90 bits per heavy atom. The van der Waals surface area contributed by atoms with Crippen molar-refractivity contribution in [1.82, 2.24) is 10.2 Å². The Bertz CT molecular complexity index is 449. The lowest BCUT2D eigenvalue weighted by molar-refractivity contribution is 0.160. The molecule has 21 heavy (non-hydrogen) atoms. The van der Waals surface area contributed by atoms with Crippen LogP contribution in [-0.4, -0.2) is 31.1 Å². The molecule has 0 unspecified atom stereocenters. The van der Waals surface area contributed by atoms with E-state index in [1.165, 1.54) is 24.8 Å². The Morgan fingerprint density at radius 1 is 1.24 bits per heavy atom. The summed E-state index contributed by atoms with van der Waals surface area (Å²) >= 11 is 9.77. The van der Waals surface area contributed by atoms with E-state index in [4.69, 9.17) is 11.6 Å². The van der Waals surface area contributed by atoms with Crippen molar-refractivity contribution in [2.75, 3.05) is 26.2 Å². The number of piperazine rings is 1. The minimum absolute atomic E-state index is 0. The Labute approximate surface area is 152 Å². The first-order chi connectivity index (χ1) is 9.24. The number of nitrogens with zero attached hydrogens (tertiary/aromatic N) is 1. The molecule has 0 radical (unpaired) electrons. The molecule has 1 aromatic carbocycles.